The van der Waals surface area contributed by atoms with E-state index >= 15 is 0 Å². The minimum atomic E-state index is -0.0688. The zero-order valence-electron chi connectivity index (χ0n) is 15.8. The van der Waals surface area contributed by atoms with Crippen molar-refractivity contribution in [1.82, 2.24) is 20.1 Å². The van der Waals surface area contributed by atoms with Crippen molar-refractivity contribution in [2.75, 3.05) is 0 Å². The van der Waals surface area contributed by atoms with Gasteiger partial charge in [0.25, 0.3) is 0 Å². The second-order valence-electron chi connectivity index (χ2n) is 6.63. The van der Waals surface area contributed by atoms with Crippen LogP contribution in [0.1, 0.15) is 16.3 Å². The van der Waals surface area contributed by atoms with Gasteiger partial charge in [0.2, 0.25) is 5.91 Å². The minimum absolute atomic E-state index is 0.0688. The lowest BCUT2D eigenvalue weighted by atomic mass is 10.1. The molecule has 0 fully saturated rings. The Balaban J connectivity index is 1.59. The van der Waals surface area contributed by atoms with E-state index in [0.717, 1.165) is 33.2 Å². The summed E-state index contributed by atoms with van der Waals surface area (Å²) in [7, 11) is 0. The topological polar surface area (TPSA) is 59.8 Å². The summed E-state index contributed by atoms with van der Waals surface area (Å²) < 4.78 is 1.80. The van der Waals surface area contributed by atoms with E-state index in [-0.39, 0.29) is 12.3 Å². The summed E-state index contributed by atoms with van der Waals surface area (Å²) in [5.74, 6) is -0.0688. The van der Waals surface area contributed by atoms with E-state index < -0.39 is 0 Å². The number of hydrogen-bond donors (Lipinski definition) is 1. The van der Waals surface area contributed by atoms with Gasteiger partial charge in [0.05, 0.1) is 24.3 Å². The Morgan fingerprint density at radius 1 is 1.14 bits per heavy atom. The van der Waals surface area contributed by atoms with Gasteiger partial charge < -0.3 is 5.32 Å². The number of para-hydroxylation sites is 1. The molecule has 1 N–H and O–H groups in total. The number of hydrogen-bond acceptors (Lipinski definition) is 4. The molecule has 0 saturated heterocycles. The van der Waals surface area contributed by atoms with Crippen LogP contribution < -0.4 is 5.32 Å². The van der Waals surface area contributed by atoms with Crippen molar-refractivity contribution in [3.8, 4) is 16.9 Å². The molecule has 1 amide bonds. The fourth-order valence-electron chi connectivity index (χ4n) is 3.00. The molecule has 0 aliphatic heterocycles. The molecule has 0 atom stereocenters. The molecule has 0 spiro atoms. The Morgan fingerprint density at radius 3 is 2.59 bits per heavy atom. The number of amides is 1. The fraction of sp³-hybridized carbons (Fsp3) is 0.136. The van der Waals surface area contributed by atoms with Gasteiger partial charge in [-0.05, 0) is 31.2 Å². The first-order chi connectivity index (χ1) is 14.1. The molecule has 2 aromatic heterocycles. The van der Waals surface area contributed by atoms with Gasteiger partial charge in [-0.25, -0.2) is 9.67 Å². The van der Waals surface area contributed by atoms with Crippen molar-refractivity contribution < 1.29 is 4.79 Å². The summed E-state index contributed by atoms with van der Waals surface area (Å²) in [6.07, 6.45) is 2.14. The van der Waals surface area contributed by atoms with Crippen LogP contribution in [0.4, 0.5) is 0 Å². The highest BCUT2D eigenvalue weighted by atomic mass is 35.5. The third-order valence-corrected chi connectivity index (χ3v) is 5.60. The number of aryl methyl sites for hydroxylation is 1. The van der Waals surface area contributed by atoms with E-state index in [2.05, 4.69) is 10.3 Å². The van der Waals surface area contributed by atoms with Crippen LogP contribution in [-0.2, 0) is 17.8 Å². The molecule has 0 saturated carbocycles. The van der Waals surface area contributed by atoms with Gasteiger partial charge in [-0.1, -0.05) is 41.9 Å². The predicted molar refractivity (Wildman–Crippen MR) is 116 cm³/mol. The number of benzene rings is 2. The SMILES string of the molecule is Cc1csc(CNC(=O)Cc2cn(-c3ccccc3)nc2-c2ccc(Cl)cc2)n1. The second kappa shape index (κ2) is 8.59. The highest BCUT2D eigenvalue weighted by molar-refractivity contribution is 7.09. The summed E-state index contributed by atoms with van der Waals surface area (Å²) in [6.45, 7) is 2.37. The van der Waals surface area contributed by atoms with Crippen LogP contribution in [0, 0.1) is 6.92 Å². The van der Waals surface area contributed by atoms with Crippen LogP contribution in [0.5, 0.6) is 0 Å². The van der Waals surface area contributed by atoms with E-state index in [9.17, 15) is 4.79 Å². The van der Waals surface area contributed by atoms with Crippen molar-refractivity contribution in [3.05, 3.63) is 87.5 Å². The zero-order chi connectivity index (χ0) is 20.2. The molecule has 29 heavy (non-hydrogen) atoms. The Kier molecular flexibility index (Phi) is 5.74. The van der Waals surface area contributed by atoms with Crippen molar-refractivity contribution in [2.24, 2.45) is 0 Å². The van der Waals surface area contributed by atoms with E-state index in [1.807, 2.05) is 73.1 Å². The standard InChI is InChI=1S/C22H19ClN4OS/c1-15-14-29-21(25-15)12-24-20(28)11-17-13-27(19-5-3-2-4-6-19)26-22(17)16-7-9-18(23)10-8-16/h2-10,13-14H,11-12H2,1H3,(H,24,28). The summed E-state index contributed by atoms with van der Waals surface area (Å²) in [4.78, 5) is 17.0. The number of carbonyl (C=O) groups is 1. The molecule has 2 aromatic carbocycles. The van der Waals surface area contributed by atoms with Crippen LogP contribution in [0.3, 0.4) is 0 Å². The summed E-state index contributed by atoms with van der Waals surface area (Å²) >= 11 is 7.58. The number of nitrogens with one attached hydrogen (secondary N) is 1. The second-order valence-corrected chi connectivity index (χ2v) is 8.01. The van der Waals surface area contributed by atoms with Crippen LogP contribution in [0.15, 0.2) is 66.2 Å². The van der Waals surface area contributed by atoms with Gasteiger partial charge in [0, 0.05) is 33.4 Å². The fourth-order valence-corrected chi connectivity index (χ4v) is 3.83. The minimum Gasteiger partial charge on any atom is -0.349 e. The molecule has 0 aliphatic carbocycles. The van der Waals surface area contributed by atoms with Crippen LogP contribution in [-0.4, -0.2) is 20.7 Å². The Bertz CT molecular complexity index is 1120. The smallest absolute Gasteiger partial charge is 0.224 e. The van der Waals surface area contributed by atoms with Gasteiger partial charge in [-0.15, -0.1) is 11.3 Å². The van der Waals surface area contributed by atoms with Crippen molar-refractivity contribution in [3.63, 3.8) is 0 Å². The third-order valence-electron chi connectivity index (χ3n) is 4.38. The Morgan fingerprint density at radius 2 is 1.90 bits per heavy atom. The lowest BCUT2D eigenvalue weighted by Crippen LogP contribution is -2.24. The molecule has 2 heterocycles. The molecule has 4 aromatic rings. The first-order valence-electron chi connectivity index (χ1n) is 9.16. The number of carbonyl (C=O) groups excluding carboxylic acids is 1. The maximum atomic E-state index is 12.6. The normalized spacial score (nSPS) is 10.8. The Labute approximate surface area is 178 Å². The van der Waals surface area contributed by atoms with E-state index in [1.165, 1.54) is 0 Å². The summed E-state index contributed by atoms with van der Waals surface area (Å²) in [6, 6.07) is 17.3. The molecule has 146 valence electrons. The van der Waals surface area contributed by atoms with Crippen molar-refractivity contribution in [2.45, 2.75) is 19.9 Å². The first-order valence-corrected chi connectivity index (χ1v) is 10.4. The monoisotopic (exact) mass is 422 g/mol. The van der Waals surface area contributed by atoms with Crippen LogP contribution >= 0.6 is 22.9 Å². The van der Waals surface area contributed by atoms with Crippen molar-refractivity contribution >= 4 is 28.8 Å². The predicted octanol–water partition coefficient (Wildman–Crippen LogP) is 4.82. The largest absolute Gasteiger partial charge is 0.349 e. The van der Waals surface area contributed by atoms with Crippen molar-refractivity contribution in [1.29, 1.82) is 0 Å². The Hall–Kier alpha value is -2.96. The molecule has 0 unspecified atom stereocenters. The first kappa shape index (κ1) is 19.4. The molecule has 0 bridgehead atoms. The average Bonchev–Trinajstić information content (AvgIpc) is 3.34. The van der Waals surface area contributed by atoms with Gasteiger partial charge in [-0.3, -0.25) is 4.79 Å². The average molecular weight is 423 g/mol. The summed E-state index contributed by atoms with van der Waals surface area (Å²) in [5.41, 5.74) is 4.44. The number of aromatic nitrogens is 3. The quantitative estimate of drug-likeness (QED) is 0.484. The van der Waals surface area contributed by atoms with Crippen LogP contribution in [0.2, 0.25) is 5.02 Å². The highest BCUT2D eigenvalue weighted by Crippen LogP contribution is 2.25. The number of thiazole rings is 1. The number of halogens is 1. The zero-order valence-corrected chi connectivity index (χ0v) is 17.4. The maximum absolute atomic E-state index is 12.6. The molecular weight excluding hydrogens is 404 g/mol. The number of rotatable bonds is 6. The maximum Gasteiger partial charge on any atom is 0.224 e. The van der Waals surface area contributed by atoms with Crippen LogP contribution in [0.25, 0.3) is 16.9 Å². The van der Waals surface area contributed by atoms with Gasteiger partial charge in [0.15, 0.2) is 0 Å². The summed E-state index contributed by atoms with van der Waals surface area (Å²) in [5, 5.41) is 11.2. The lowest BCUT2D eigenvalue weighted by Gasteiger charge is -2.04. The lowest BCUT2D eigenvalue weighted by molar-refractivity contribution is -0.120. The van der Waals surface area contributed by atoms with E-state index in [0.29, 0.717) is 11.6 Å². The molecular formula is C22H19ClN4OS. The third kappa shape index (κ3) is 4.72. The highest BCUT2D eigenvalue weighted by Gasteiger charge is 2.16. The number of nitrogens with zero attached hydrogens (tertiary/aromatic N) is 3. The molecule has 5 nitrogen and oxygen atoms in total. The van der Waals surface area contributed by atoms with Gasteiger partial charge in [0.1, 0.15) is 5.01 Å². The van der Waals surface area contributed by atoms with E-state index in [1.54, 1.807) is 16.0 Å². The molecule has 0 radical (unpaired) electrons. The molecule has 7 heteroatoms. The van der Waals surface area contributed by atoms with Gasteiger partial charge in [-0.2, -0.15) is 5.10 Å². The molecule has 4 rings (SSSR count). The molecule has 0 aliphatic rings. The van der Waals surface area contributed by atoms with Gasteiger partial charge >= 0.3 is 0 Å². The van der Waals surface area contributed by atoms with E-state index in [4.69, 9.17) is 16.7 Å².